The largest absolute Gasteiger partial charge is 0.408 e. The molecule has 17 heavy (non-hydrogen) atoms. The third-order valence-electron chi connectivity index (χ3n) is 2.14. The Balaban J connectivity index is 2.40. The molecule has 5 nitrogen and oxygen atoms in total. The quantitative estimate of drug-likeness (QED) is 0.868. The molecule has 0 saturated carbocycles. The van der Waals surface area contributed by atoms with Crippen LogP contribution in [0.3, 0.4) is 0 Å². The van der Waals surface area contributed by atoms with E-state index >= 15 is 0 Å². The van der Waals surface area contributed by atoms with Gasteiger partial charge in [0.1, 0.15) is 0 Å². The Morgan fingerprint density at radius 2 is 1.88 bits per heavy atom. The Morgan fingerprint density at radius 3 is 2.47 bits per heavy atom. The van der Waals surface area contributed by atoms with Crippen molar-refractivity contribution in [3.63, 3.8) is 0 Å². The Hall–Kier alpha value is -1.21. The molecule has 0 saturated heterocycles. The molecule has 1 heterocycles. The summed E-state index contributed by atoms with van der Waals surface area (Å²) in [6.07, 6.45) is 0. The van der Waals surface area contributed by atoms with Gasteiger partial charge in [0.25, 0.3) is 0 Å². The molecule has 0 N–H and O–H groups in total. The predicted octanol–water partition coefficient (Wildman–Crippen LogP) is 2.29. The molecule has 0 amide bonds. The topological polar surface area (TPSA) is 73.1 Å². The maximum absolute atomic E-state index is 11.5. The molecule has 0 aliphatic heterocycles. The van der Waals surface area contributed by atoms with E-state index in [0.29, 0.717) is 5.56 Å². The monoisotopic (exact) mass is 316 g/mol. The summed E-state index contributed by atoms with van der Waals surface area (Å²) in [6, 6.07) is 7.15. The molecule has 1 aromatic carbocycles. The summed E-state index contributed by atoms with van der Waals surface area (Å²) in [5, 5.41) is 6.93. The number of hydrogen-bond donors (Lipinski definition) is 0. The van der Waals surface area contributed by atoms with Crippen LogP contribution in [0.4, 0.5) is 0 Å². The molecule has 0 spiro atoms. The van der Waals surface area contributed by atoms with Gasteiger partial charge in [-0.3, -0.25) is 0 Å². The maximum atomic E-state index is 11.5. The molecule has 1 aromatic heterocycles. The highest BCUT2D eigenvalue weighted by Crippen LogP contribution is 2.22. The van der Waals surface area contributed by atoms with E-state index in [9.17, 15) is 8.42 Å². The van der Waals surface area contributed by atoms with Gasteiger partial charge in [-0.25, -0.2) is 8.42 Å². The van der Waals surface area contributed by atoms with E-state index in [2.05, 4.69) is 26.1 Å². The lowest BCUT2D eigenvalue weighted by Crippen LogP contribution is -2.03. The van der Waals surface area contributed by atoms with Crippen LogP contribution in [-0.2, 0) is 9.84 Å². The van der Waals surface area contributed by atoms with E-state index < -0.39 is 9.84 Å². The van der Waals surface area contributed by atoms with Crippen LogP contribution in [0.25, 0.3) is 11.5 Å². The highest BCUT2D eigenvalue weighted by molar-refractivity contribution is 9.10. The van der Waals surface area contributed by atoms with Crippen LogP contribution in [0, 0.1) is 0 Å². The van der Waals surface area contributed by atoms with E-state index in [1.54, 1.807) is 12.1 Å². The number of aromatic nitrogens is 2. The Bertz CT molecular complexity index is 619. The molecule has 2 rings (SSSR count). The minimum Gasteiger partial charge on any atom is -0.408 e. The molecule has 0 aliphatic carbocycles. The molecule has 0 aliphatic rings. The van der Waals surface area contributed by atoms with Crippen molar-refractivity contribution in [2.75, 3.05) is 5.75 Å². The SMILES string of the molecule is CCS(=O)(=O)c1nnc(-c2ccc(Br)cc2)o1. The van der Waals surface area contributed by atoms with Gasteiger partial charge in [0.05, 0.1) is 5.75 Å². The third-order valence-corrected chi connectivity index (χ3v) is 4.13. The zero-order valence-corrected chi connectivity index (χ0v) is 11.3. The van der Waals surface area contributed by atoms with E-state index in [1.807, 2.05) is 12.1 Å². The number of halogens is 1. The highest BCUT2D eigenvalue weighted by atomic mass is 79.9. The number of benzene rings is 1. The summed E-state index contributed by atoms with van der Waals surface area (Å²) >= 11 is 3.30. The van der Waals surface area contributed by atoms with Gasteiger partial charge in [0.2, 0.25) is 15.7 Å². The molecule has 90 valence electrons. The number of rotatable bonds is 3. The van der Waals surface area contributed by atoms with Gasteiger partial charge in [0, 0.05) is 10.0 Å². The van der Waals surface area contributed by atoms with Crippen LogP contribution in [0.15, 0.2) is 38.4 Å². The van der Waals surface area contributed by atoms with Crippen LogP contribution >= 0.6 is 15.9 Å². The molecule has 0 radical (unpaired) electrons. The number of hydrogen-bond acceptors (Lipinski definition) is 5. The molecule has 0 bridgehead atoms. The first kappa shape index (κ1) is 12.3. The molecule has 2 aromatic rings. The number of sulfone groups is 1. The maximum Gasteiger partial charge on any atom is 0.335 e. The van der Waals surface area contributed by atoms with Crippen LogP contribution in [-0.4, -0.2) is 24.4 Å². The third kappa shape index (κ3) is 2.55. The van der Waals surface area contributed by atoms with E-state index in [0.717, 1.165) is 4.47 Å². The summed E-state index contributed by atoms with van der Waals surface area (Å²) in [6.45, 7) is 1.53. The minimum absolute atomic E-state index is 0.0605. The van der Waals surface area contributed by atoms with Crippen molar-refractivity contribution < 1.29 is 12.8 Å². The van der Waals surface area contributed by atoms with Crippen LogP contribution < -0.4 is 0 Å². The first-order valence-electron chi connectivity index (χ1n) is 4.85. The summed E-state index contributed by atoms with van der Waals surface area (Å²) < 4.78 is 29.1. The van der Waals surface area contributed by atoms with Gasteiger partial charge >= 0.3 is 5.22 Å². The molecule has 0 fully saturated rings. The summed E-state index contributed by atoms with van der Waals surface area (Å²) in [7, 11) is -3.44. The van der Waals surface area contributed by atoms with Crippen LogP contribution in [0.2, 0.25) is 0 Å². The van der Waals surface area contributed by atoms with Gasteiger partial charge in [0.15, 0.2) is 0 Å². The summed E-state index contributed by atoms with van der Waals surface area (Å²) in [5.74, 6) is 0.138. The summed E-state index contributed by atoms with van der Waals surface area (Å²) in [5.41, 5.74) is 0.679. The van der Waals surface area contributed by atoms with Crippen molar-refractivity contribution in [3.8, 4) is 11.5 Å². The zero-order chi connectivity index (χ0) is 12.5. The average molecular weight is 317 g/mol. The van der Waals surface area contributed by atoms with Crippen molar-refractivity contribution in [3.05, 3.63) is 28.7 Å². The molecular weight excluding hydrogens is 308 g/mol. The lowest BCUT2D eigenvalue weighted by Gasteiger charge is -1.94. The molecule has 7 heteroatoms. The predicted molar refractivity (Wildman–Crippen MR) is 65.2 cm³/mol. The van der Waals surface area contributed by atoms with Crippen LogP contribution in [0.5, 0.6) is 0 Å². The Kier molecular flexibility index (Phi) is 3.30. The van der Waals surface area contributed by atoms with Gasteiger partial charge in [-0.05, 0) is 24.3 Å². The van der Waals surface area contributed by atoms with Crippen molar-refractivity contribution in [2.24, 2.45) is 0 Å². The second-order valence-corrected chi connectivity index (χ2v) is 6.36. The lowest BCUT2D eigenvalue weighted by atomic mass is 10.2. The molecule has 0 unspecified atom stereocenters. The summed E-state index contributed by atoms with van der Waals surface area (Å²) in [4.78, 5) is 0. The minimum atomic E-state index is -3.44. The fourth-order valence-electron chi connectivity index (χ4n) is 1.17. The standard InChI is InChI=1S/C10H9BrN2O3S/c1-2-17(14,15)10-13-12-9(16-10)7-3-5-8(11)6-4-7/h3-6H,2H2,1H3. The zero-order valence-electron chi connectivity index (χ0n) is 8.92. The molecular formula is C10H9BrN2O3S. The normalized spacial score (nSPS) is 11.6. The van der Waals surface area contributed by atoms with Crippen molar-refractivity contribution >= 4 is 25.8 Å². The van der Waals surface area contributed by atoms with E-state index in [-0.39, 0.29) is 16.9 Å². The fourth-order valence-corrected chi connectivity index (χ4v) is 2.05. The fraction of sp³-hybridized carbons (Fsp3) is 0.200. The van der Waals surface area contributed by atoms with Crippen molar-refractivity contribution in [1.82, 2.24) is 10.2 Å². The number of nitrogens with zero attached hydrogens (tertiary/aromatic N) is 2. The van der Waals surface area contributed by atoms with E-state index in [4.69, 9.17) is 4.42 Å². The van der Waals surface area contributed by atoms with Crippen molar-refractivity contribution in [2.45, 2.75) is 12.1 Å². The Labute approximate surface area is 107 Å². The second-order valence-electron chi connectivity index (χ2n) is 3.28. The van der Waals surface area contributed by atoms with Gasteiger partial charge in [-0.2, -0.15) is 0 Å². The smallest absolute Gasteiger partial charge is 0.335 e. The second kappa shape index (κ2) is 4.58. The first-order valence-corrected chi connectivity index (χ1v) is 7.29. The van der Waals surface area contributed by atoms with Gasteiger partial charge in [-0.1, -0.05) is 28.0 Å². The van der Waals surface area contributed by atoms with Crippen molar-refractivity contribution in [1.29, 1.82) is 0 Å². The van der Waals surface area contributed by atoms with Gasteiger partial charge < -0.3 is 4.42 Å². The average Bonchev–Trinajstić information content (AvgIpc) is 2.80. The Morgan fingerprint density at radius 1 is 1.24 bits per heavy atom. The van der Waals surface area contributed by atoms with Crippen LogP contribution in [0.1, 0.15) is 6.92 Å². The first-order chi connectivity index (χ1) is 8.03. The molecule has 0 atom stereocenters. The van der Waals surface area contributed by atoms with E-state index in [1.165, 1.54) is 6.92 Å². The van der Waals surface area contributed by atoms with Gasteiger partial charge in [-0.15, -0.1) is 5.10 Å². The highest BCUT2D eigenvalue weighted by Gasteiger charge is 2.20. The lowest BCUT2D eigenvalue weighted by molar-refractivity contribution is 0.440.